The molecule has 32 heavy (non-hydrogen) atoms. The summed E-state index contributed by atoms with van der Waals surface area (Å²) in [6.07, 6.45) is 3.35. The molecule has 0 aliphatic carbocycles. The van der Waals surface area contributed by atoms with E-state index in [9.17, 15) is 18.7 Å². The molecule has 4 rings (SSSR count). The molecule has 1 saturated heterocycles. The van der Waals surface area contributed by atoms with Gasteiger partial charge in [-0.1, -0.05) is 6.07 Å². The molecule has 0 spiro atoms. The Labute approximate surface area is 187 Å². The van der Waals surface area contributed by atoms with Gasteiger partial charge in [-0.25, -0.2) is 13.8 Å². The summed E-state index contributed by atoms with van der Waals surface area (Å²) in [5.41, 5.74) is 7.16. The Hall–Kier alpha value is -2.95. The number of hydrogen-bond donors (Lipinski definition) is 3. The summed E-state index contributed by atoms with van der Waals surface area (Å²) in [7, 11) is 0. The van der Waals surface area contributed by atoms with Crippen molar-refractivity contribution in [1.29, 1.82) is 0 Å². The third-order valence-electron chi connectivity index (χ3n) is 5.50. The second-order valence-electron chi connectivity index (χ2n) is 7.88. The fourth-order valence-electron chi connectivity index (χ4n) is 3.87. The highest BCUT2D eigenvalue weighted by Gasteiger charge is 2.29. The summed E-state index contributed by atoms with van der Waals surface area (Å²) < 4.78 is 28.1. The number of aliphatic hydroxyl groups excluding tert-OH is 1. The number of pyridine rings is 1. The maximum absolute atomic E-state index is 14.1. The van der Waals surface area contributed by atoms with Crippen molar-refractivity contribution >= 4 is 28.6 Å². The number of aromatic nitrogens is 2. The third-order valence-corrected chi connectivity index (χ3v) is 6.36. The first kappa shape index (κ1) is 22.3. The topological polar surface area (TPSA) is 104 Å². The van der Waals surface area contributed by atoms with Crippen LogP contribution in [-0.2, 0) is 0 Å². The van der Waals surface area contributed by atoms with Gasteiger partial charge in [0.25, 0.3) is 5.91 Å². The molecule has 1 aliphatic heterocycles. The van der Waals surface area contributed by atoms with Gasteiger partial charge in [0.15, 0.2) is 0 Å². The van der Waals surface area contributed by atoms with Gasteiger partial charge in [0.1, 0.15) is 22.3 Å². The monoisotopic (exact) mass is 459 g/mol. The summed E-state index contributed by atoms with van der Waals surface area (Å²) in [6.45, 7) is 2.91. The zero-order chi connectivity index (χ0) is 22.8. The predicted octanol–water partition coefficient (Wildman–Crippen LogP) is 3.27. The number of amides is 1. The summed E-state index contributed by atoms with van der Waals surface area (Å²) in [5, 5.41) is 14.4. The van der Waals surface area contributed by atoms with Crippen molar-refractivity contribution < 1.29 is 18.7 Å². The van der Waals surface area contributed by atoms with E-state index in [1.165, 1.54) is 17.6 Å². The van der Waals surface area contributed by atoms with Gasteiger partial charge in [-0.3, -0.25) is 9.78 Å². The number of rotatable bonds is 5. The molecule has 1 unspecified atom stereocenters. The first-order valence-electron chi connectivity index (χ1n) is 10.2. The number of anilines is 2. The van der Waals surface area contributed by atoms with Crippen molar-refractivity contribution in [2.24, 2.45) is 11.7 Å². The van der Waals surface area contributed by atoms with Crippen LogP contribution in [0.1, 0.15) is 23.8 Å². The van der Waals surface area contributed by atoms with E-state index in [1.54, 1.807) is 19.2 Å². The molecule has 3 atom stereocenters. The fourth-order valence-corrected chi connectivity index (χ4v) is 4.71. The number of benzene rings is 1. The Bertz CT molecular complexity index is 1100. The number of halogens is 2. The van der Waals surface area contributed by atoms with Crippen LogP contribution in [0.3, 0.4) is 0 Å². The maximum Gasteiger partial charge on any atom is 0.275 e. The number of piperidine rings is 1. The lowest BCUT2D eigenvalue weighted by Gasteiger charge is -2.39. The first-order valence-corrected chi connectivity index (χ1v) is 11.0. The molecule has 7 nitrogen and oxygen atoms in total. The molecule has 0 saturated carbocycles. The van der Waals surface area contributed by atoms with E-state index in [0.717, 1.165) is 35.6 Å². The molecule has 0 radical (unpaired) electrons. The summed E-state index contributed by atoms with van der Waals surface area (Å²) in [4.78, 5) is 23.1. The standard InChI is InChI=1S/C22H23F2N5O2S/c1-12(30)13-7-14(25)10-29(9-13)19-5-6-26-8-17(19)27-21(31)18-11-32-22(28-18)20-15(23)3-2-4-16(20)24/h2-6,8,11-14,30H,7,9-10,25H2,1H3,(H,27,31)/t12?,13-,14-/m0/s1. The number of thiazole rings is 1. The Balaban J connectivity index is 1.56. The molecule has 1 aliphatic rings. The minimum absolute atomic E-state index is 0.00670. The second kappa shape index (κ2) is 9.27. The first-order chi connectivity index (χ1) is 15.3. The molecule has 1 amide bonds. The van der Waals surface area contributed by atoms with E-state index < -0.39 is 23.6 Å². The van der Waals surface area contributed by atoms with E-state index in [0.29, 0.717) is 18.8 Å². The van der Waals surface area contributed by atoms with Crippen LogP contribution in [0.25, 0.3) is 10.6 Å². The minimum atomic E-state index is -0.741. The minimum Gasteiger partial charge on any atom is -0.393 e. The zero-order valence-corrected chi connectivity index (χ0v) is 18.1. The molecule has 1 fully saturated rings. The van der Waals surface area contributed by atoms with Crippen molar-refractivity contribution in [3.05, 3.63) is 59.4 Å². The van der Waals surface area contributed by atoms with Crippen LogP contribution >= 0.6 is 11.3 Å². The largest absolute Gasteiger partial charge is 0.393 e. The summed E-state index contributed by atoms with van der Waals surface area (Å²) >= 11 is 0.984. The highest BCUT2D eigenvalue weighted by molar-refractivity contribution is 7.13. The molecule has 3 heterocycles. The molecular weight excluding hydrogens is 436 g/mol. The Morgan fingerprint density at radius 2 is 2.06 bits per heavy atom. The Kier molecular flexibility index (Phi) is 6.45. The van der Waals surface area contributed by atoms with Gasteiger partial charge in [-0.05, 0) is 31.5 Å². The summed E-state index contributed by atoms with van der Waals surface area (Å²) in [5.74, 6) is -2.00. The van der Waals surface area contributed by atoms with Crippen molar-refractivity contribution in [1.82, 2.24) is 9.97 Å². The summed E-state index contributed by atoms with van der Waals surface area (Å²) in [6, 6.07) is 5.22. The molecule has 0 bridgehead atoms. The van der Waals surface area contributed by atoms with E-state index in [1.807, 2.05) is 4.90 Å². The lowest BCUT2D eigenvalue weighted by molar-refractivity contribution is 0.102. The maximum atomic E-state index is 14.1. The van der Waals surface area contributed by atoms with Crippen molar-refractivity contribution in [2.45, 2.75) is 25.5 Å². The Morgan fingerprint density at radius 3 is 2.78 bits per heavy atom. The number of hydrogen-bond acceptors (Lipinski definition) is 7. The number of nitrogens with two attached hydrogens (primary N) is 1. The second-order valence-corrected chi connectivity index (χ2v) is 8.74. The average molecular weight is 460 g/mol. The van der Waals surface area contributed by atoms with Crippen LogP contribution in [0.15, 0.2) is 42.0 Å². The average Bonchev–Trinajstić information content (AvgIpc) is 3.23. The molecule has 168 valence electrons. The van der Waals surface area contributed by atoms with Crippen LogP contribution in [0.5, 0.6) is 0 Å². The number of aliphatic hydroxyl groups is 1. The third kappa shape index (κ3) is 4.62. The lowest BCUT2D eigenvalue weighted by Crippen LogP contribution is -2.49. The van der Waals surface area contributed by atoms with Gasteiger partial charge in [-0.2, -0.15) is 0 Å². The van der Waals surface area contributed by atoms with Crippen molar-refractivity contribution in [3.63, 3.8) is 0 Å². The highest BCUT2D eigenvalue weighted by Crippen LogP contribution is 2.32. The number of nitrogens with zero attached hydrogens (tertiary/aromatic N) is 3. The van der Waals surface area contributed by atoms with Gasteiger partial charge < -0.3 is 21.1 Å². The van der Waals surface area contributed by atoms with Gasteiger partial charge in [0.2, 0.25) is 0 Å². The molecule has 1 aromatic carbocycles. The van der Waals surface area contributed by atoms with E-state index in [-0.39, 0.29) is 28.2 Å². The molecule has 2 aromatic heterocycles. The molecule has 3 aromatic rings. The van der Waals surface area contributed by atoms with Crippen LogP contribution in [-0.4, -0.2) is 46.2 Å². The Morgan fingerprint density at radius 1 is 1.31 bits per heavy atom. The van der Waals surface area contributed by atoms with Gasteiger partial charge in [0.05, 0.1) is 29.2 Å². The number of carbonyl (C=O) groups excluding carboxylic acids is 1. The quantitative estimate of drug-likeness (QED) is 0.541. The van der Waals surface area contributed by atoms with Crippen LogP contribution in [0.2, 0.25) is 0 Å². The van der Waals surface area contributed by atoms with E-state index in [2.05, 4.69) is 15.3 Å². The van der Waals surface area contributed by atoms with Crippen molar-refractivity contribution in [3.8, 4) is 10.6 Å². The molecule has 10 heteroatoms. The van der Waals surface area contributed by atoms with Crippen LogP contribution in [0, 0.1) is 17.6 Å². The lowest BCUT2D eigenvalue weighted by atomic mass is 9.90. The number of carbonyl (C=O) groups is 1. The smallest absolute Gasteiger partial charge is 0.275 e. The van der Waals surface area contributed by atoms with Gasteiger partial charge >= 0.3 is 0 Å². The van der Waals surface area contributed by atoms with E-state index >= 15 is 0 Å². The SMILES string of the molecule is CC(O)[C@H]1C[C@H](N)CN(c2ccncc2NC(=O)c2csc(-c3c(F)cccc3F)n2)C1. The zero-order valence-electron chi connectivity index (χ0n) is 17.3. The van der Waals surface area contributed by atoms with Crippen molar-refractivity contribution in [2.75, 3.05) is 23.3 Å². The van der Waals surface area contributed by atoms with Crippen LogP contribution in [0.4, 0.5) is 20.2 Å². The van der Waals surface area contributed by atoms with Gasteiger partial charge in [-0.15, -0.1) is 11.3 Å². The highest BCUT2D eigenvalue weighted by atomic mass is 32.1. The molecular formula is C22H23F2N5O2S. The molecule has 4 N–H and O–H groups in total. The van der Waals surface area contributed by atoms with E-state index in [4.69, 9.17) is 5.73 Å². The fraction of sp³-hybridized carbons (Fsp3) is 0.318. The number of nitrogens with one attached hydrogen (secondary N) is 1. The normalized spacial score (nSPS) is 19.6. The predicted molar refractivity (Wildman–Crippen MR) is 120 cm³/mol. The van der Waals surface area contributed by atoms with Gasteiger partial charge in [0, 0.05) is 36.6 Å². The van der Waals surface area contributed by atoms with Crippen LogP contribution < -0.4 is 16.0 Å².